The van der Waals surface area contributed by atoms with E-state index in [1.54, 1.807) is 0 Å². The lowest BCUT2D eigenvalue weighted by Crippen LogP contribution is -2.44. The molecule has 2 heterocycles. The second-order valence-corrected chi connectivity index (χ2v) is 11.2. The predicted octanol–water partition coefficient (Wildman–Crippen LogP) is 1.68. The van der Waals surface area contributed by atoms with Crippen LogP contribution in [0.25, 0.3) is 11.4 Å². The highest BCUT2D eigenvalue weighted by atomic mass is 32.2. The minimum atomic E-state index is -3.31. The van der Waals surface area contributed by atoms with Crippen LogP contribution >= 0.6 is 12.2 Å². The largest absolute Gasteiger partial charge is 0.395 e. The molecule has 0 spiro atoms. The molecule has 9 nitrogen and oxygen atoms in total. The maximum absolute atomic E-state index is 12.6. The number of morpholine rings is 1. The number of benzene rings is 1. The first-order valence-corrected chi connectivity index (χ1v) is 13.2. The van der Waals surface area contributed by atoms with Crippen LogP contribution in [0.15, 0.2) is 30.3 Å². The molecule has 11 heteroatoms. The Balaban J connectivity index is 1.68. The fourth-order valence-electron chi connectivity index (χ4n) is 3.99. The van der Waals surface area contributed by atoms with Crippen LogP contribution in [0.2, 0.25) is 0 Å². The van der Waals surface area contributed by atoms with Gasteiger partial charge in [-0.1, -0.05) is 0 Å². The molecule has 2 fully saturated rings. The SMILES string of the molecule is C[C@H]1COCCN1c1cc(C2(S(C)(=O)=O)CC2)nc(-c2ccc(NC(=S)NCCO)cc2)n1. The number of nitrogens with one attached hydrogen (secondary N) is 2. The average molecular weight is 492 g/mol. The van der Waals surface area contributed by atoms with E-state index in [1.165, 1.54) is 6.26 Å². The Morgan fingerprint density at radius 2 is 2.03 bits per heavy atom. The van der Waals surface area contributed by atoms with Crippen molar-refractivity contribution in [2.45, 2.75) is 30.6 Å². The van der Waals surface area contributed by atoms with E-state index in [-0.39, 0.29) is 12.6 Å². The predicted molar refractivity (Wildman–Crippen MR) is 132 cm³/mol. The minimum Gasteiger partial charge on any atom is -0.395 e. The molecule has 1 aliphatic carbocycles. The van der Waals surface area contributed by atoms with E-state index in [0.717, 1.165) is 17.1 Å². The van der Waals surface area contributed by atoms with Crippen molar-refractivity contribution in [2.75, 3.05) is 49.4 Å². The number of rotatable bonds is 7. The van der Waals surface area contributed by atoms with Gasteiger partial charge in [0.05, 0.1) is 31.6 Å². The molecule has 1 saturated heterocycles. The second-order valence-electron chi connectivity index (χ2n) is 8.50. The van der Waals surface area contributed by atoms with Crippen LogP contribution in [0.4, 0.5) is 11.5 Å². The van der Waals surface area contributed by atoms with Gasteiger partial charge >= 0.3 is 0 Å². The molecule has 178 valence electrons. The summed E-state index contributed by atoms with van der Waals surface area (Å²) >= 11 is 5.20. The van der Waals surface area contributed by atoms with Crippen molar-refractivity contribution in [1.82, 2.24) is 15.3 Å². The van der Waals surface area contributed by atoms with Gasteiger partial charge in [-0.25, -0.2) is 18.4 Å². The highest BCUT2D eigenvalue weighted by Crippen LogP contribution is 2.52. The number of aliphatic hydroxyl groups excluding tert-OH is 1. The number of sulfone groups is 1. The highest BCUT2D eigenvalue weighted by molar-refractivity contribution is 7.92. The zero-order valence-electron chi connectivity index (χ0n) is 18.7. The Morgan fingerprint density at radius 1 is 1.30 bits per heavy atom. The average Bonchev–Trinajstić information content (AvgIpc) is 3.61. The van der Waals surface area contributed by atoms with E-state index < -0.39 is 14.6 Å². The summed E-state index contributed by atoms with van der Waals surface area (Å²) in [5.41, 5.74) is 2.12. The molecule has 1 aromatic carbocycles. The number of aromatic nitrogens is 2. The third kappa shape index (κ3) is 5.11. The molecule has 2 aliphatic rings. The molecule has 0 radical (unpaired) electrons. The van der Waals surface area contributed by atoms with E-state index in [1.807, 2.05) is 30.3 Å². The first-order valence-electron chi connectivity index (χ1n) is 10.9. The topological polar surface area (TPSA) is 117 Å². The van der Waals surface area contributed by atoms with Gasteiger partial charge < -0.3 is 25.4 Å². The molecule has 1 atom stereocenters. The van der Waals surface area contributed by atoms with Gasteiger partial charge in [0.25, 0.3) is 0 Å². The Kier molecular flexibility index (Phi) is 6.85. The second kappa shape index (κ2) is 9.49. The summed E-state index contributed by atoms with van der Waals surface area (Å²) in [5, 5.41) is 15.3. The summed E-state index contributed by atoms with van der Waals surface area (Å²) < 4.78 is 29.8. The fraction of sp³-hybridized carbons (Fsp3) is 0.500. The van der Waals surface area contributed by atoms with Gasteiger partial charge in [0.2, 0.25) is 0 Å². The lowest BCUT2D eigenvalue weighted by atomic mass is 10.1. The highest BCUT2D eigenvalue weighted by Gasteiger charge is 2.55. The van der Waals surface area contributed by atoms with Crippen molar-refractivity contribution in [3.05, 3.63) is 36.0 Å². The van der Waals surface area contributed by atoms with Gasteiger partial charge in [0.15, 0.2) is 20.8 Å². The van der Waals surface area contributed by atoms with Crippen LogP contribution in [-0.2, 0) is 19.3 Å². The molecular weight excluding hydrogens is 462 g/mol. The third-order valence-electron chi connectivity index (χ3n) is 6.05. The number of thiocarbonyl (C=S) groups is 1. The van der Waals surface area contributed by atoms with E-state index in [2.05, 4.69) is 22.5 Å². The summed E-state index contributed by atoms with van der Waals surface area (Å²) in [4.78, 5) is 11.7. The molecule has 1 saturated carbocycles. The maximum atomic E-state index is 12.6. The molecule has 0 amide bonds. The van der Waals surface area contributed by atoms with E-state index in [4.69, 9.17) is 32.0 Å². The van der Waals surface area contributed by atoms with Crippen molar-refractivity contribution >= 4 is 38.7 Å². The lowest BCUT2D eigenvalue weighted by molar-refractivity contribution is 0.0985. The molecule has 0 unspecified atom stereocenters. The van der Waals surface area contributed by atoms with Crippen LogP contribution in [0.1, 0.15) is 25.5 Å². The van der Waals surface area contributed by atoms with E-state index >= 15 is 0 Å². The molecular formula is C22H29N5O4S2. The van der Waals surface area contributed by atoms with Crippen molar-refractivity contribution in [3.63, 3.8) is 0 Å². The van der Waals surface area contributed by atoms with Crippen LogP contribution in [0, 0.1) is 0 Å². The number of hydrogen-bond donors (Lipinski definition) is 3. The van der Waals surface area contributed by atoms with Crippen LogP contribution < -0.4 is 15.5 Å². The van der Waals surface area contributed by atoms with Crippen molar-refractivity contribution in [3.8, 4) is 11.4 Å². The lowest BCUT2D eigenvalue weighted by Gasteiger charge is -2.34. The molecule has 0 bridgehead atoms. The number of aliphatic hydroxyl groups is 1. The quantitative estimate of drug-likeness (QED) is 0.494. The monoisotopic (exact) mass is 491 g/mol. The first-order chi connectivity index (χ1) is 15.7. The fourth-order valence-corrected chi connectivity index (χ4v) is 5.54. The molecule has 1 aliphatic heterocycles. The van der Waals surface area contributed by atoms with Gasteiger partial charge in [-0.3, -0.25) is 0 Å². The van der Waals surface area contributed by atoms with Crippen LogP contribution in [0.5, 0.6) is 0 Å². The zero-order chi connectivity index (χ0) is 23.6. The number of anilines is 2. The Bertz CT molecular complexity index is 1120. The first kappa shape index (κ1) is 23.8. The molecule has 3 N–H and O–H groups in total. The van der Waals surface area contributed by atoms with Crippen LogP contribution in [-0.4, -0.2) is 73.8 Å². The summed E-state index contributed by atoms with van der Waals surface area (Å²) in [7, 11) is -3.31. The Morgan fingerprint density at radius 3 is 2.64 bits per heavy atom. The van der Waals surface area contributed by atoms with Crippen molar-refractivity contribution in [1.29, 1.82) is 0 Å². The summed E-state index contributed by atoms with van der Waals surface area (Å²) in [6, 6.07) is 9.44. The van der Waals surface area contributed by atoms with Crippen molar-refractivity contribution < 1.29 is 18.3 Å². The normalized spacial score (nSPS) is 19.7. The Hall–Kier alpha value is -2.34. The molecule has 1 aromatic heterocycles. The standard InChI is InChI=1S/C22H29N5O4S2/c1-15-14-31-12-10-27(15)19-13-18(22(7-8-22)33(2,29)30)25-20(26-19)16-3-5-17(6-4-16)24-21(32)23-9-11-28/h3-6,13,15,28H,7-12,14H2,1-2H3,(H2,23,24,32)/t15-/m0/s1. The minimum absolute atomic E-state index is 0.00645. The summed E-state index contributed by atoms with van der Waals surface area (Å²) in [6.45, 7) is 4.31. The molecule has 33 heavy (non-hydrogen) atoms. The van der Waals surface area contributed by atoms with E-state index in [0.29, 0.717) is 55.8 Å². The van der Waals surface area contributed by atoms with Crippen molar-refractivity contribution in [2.24, 2.45) is 0 Å². The van der Waals surface area contributed by atoms with Gasteiger partial charge in [-0.2, -0.15) is 0 Å². The van der Waals surface area contributed by atoms with Crippen LogP contribution in [0.3, 0.4) is 0 Å². The van der Waals surface area contributed by atoms with Gasteiger partial charge in [-0.05, 0) is 56.2 Å². The number of ether oxygens (including phenoxy) is 1. The van der Waals surface area contributed by atoms with Gasteiger partial charge in [-0.15, -0.1) is 0 Å². The summed E-state index contributed by atoms with van der Waals surface area (Å²) in [6.07, 6.45) is 2.43. The van der Waals surface area contributed by atoms with Gasteiger partial charge in [0.1, 0.15) is 10.6 Å². The number of nitrogens with zero attached hydrogens (tertiary/aromatic N) is 3. The third-order valence-corrected chi connectivity index (χ3v) is 8.34. The van der Waals surface area contributed by atoms with E-state index in [9.17, 15) is 8.42 Å². The zero-order valence-corrected chi connectivity index (χ0v) is 20.4. The Labute approximate surface area is 199 Å². The summed E-state index contributed by atoms with van der Waals surface area (Å²) in [5.74, 6) is 1.21. The maximum Gasteiger partial charge on any atom is 0.170 e. The molecule has 2 aromatic rings. The van der Waals surface area contributed by atoms with Gasteiger partial charge in [0, 0.05) is 36.7 Å². The number of hydrogen-bond acceptors (Lipinski definition) is 8. The smallest absolute Gasteiger partial charge is 0.170 e. The molecule has 4 rings (SSSR count).